The lowest BCUT2D eigenvalue weighted by atomic mass is 10.1. The van der Waals surface area contributed by atoms with Crippen LogP contribution in [0.3, 0.4) is 0 Å². The van der Waals surface area contributed by atoms with E-state index in [1.807, 2.05) is 0 Å². The number of unbranched alkanes of at least 4 members (excludes halogenated alkanes) is 24. The van der Waals surface area contributed by atoms with Crippen LogP contribution in [-0.4, -0.2) is 49.9 Å². The quantitative estimate of drug-likeness (QED) is 0.0268. The van der Waals surface area contributed by atoms with Crippen LogP contribution in [0.25, 0.3) is 0 Å². The van der Waals surface area contributed by atoms with E-state index in [9.17, 15) is 14.3 Å². The topological polar surface area (TPSA) is 117 Å². The van der Waals surface area contributed by atoms with Gasteiger partial charge in [0.05, 0.1) is 19.8 Å². The highest BCUT2D eigenvalue weighted by Gasteiger charge is 2.25. The van der Waals surface area contributed by atoms with E-state index in [0.717, 1.165) is 77.0 Å². The maximum Gasteiger partial charge on any atom is 0.472 e. The molecule has 0 aromatic heterocycles. The Morgan fingerprint density at radius 2 is 0.848 bits per heavy atom. The Bertz CT molecular complexity index is 1290. The van der Waals surface area contributed by atoms with Crippen molar-refractivity contribution in [1.29, 1.82) is 0 Å². The minimum absolute atomic E-state index is 0.0948. The number of allylic oxidation sites excluding steroid dienone is 14. The predicted molar refractivity (Wildman–Crippen MR) is 284 cm³/mol. The Kier molecular flexibility index (Phi) is 51.7. The number of carbonyl (C=O) groups is 1. The first kappa shape index (κ1) is 63.7. The zero-order valence-electron chi connectivity index (χ0n) is 42.7. The predicted octanol–water partition coefficient (Wildman–Crippen LogP) is 17.2. The van der Waals surface area contributed by atoms with E-state index in [0.29, 0.717) is 13.0 Å². The molecule has 0 aliphatic heterocycles. The lowest BCUT2D eigenvalue weighted by molar-refractivity contribution is -0.154. The maximum atomic E-state index is 12.7. The van der Waals surface area contributed by atoms with Gasteiger partial charge in [-0.3, -0.25) is 13.8 Å². The van der Waals surface area contributed by atoms with Crippen molar-refractivity contribution in [2.24, 2.45) is 5.73 Å². The second-order valence-electron chi connectivity index (χ2n) is 17.7. The second-order valence-corrected chi connectivity index (χ2v) is 19.2. The second kappa shape index (κ2) is 53.6. The highest BCUT2D eigenvalue weighted by Crippen LogP contribution is 2.43. The number of hydrogen-bond acceptors (Lipinski definition) is 7. The number of rotatable bonds is 51. The average molecular weight is 944 g/mol. The van der Waals surface area contributed by atoms with Gasteiger partial charge < -0.3 is 20.1 Å². The average Bonchev–Trinajstić information content (AvgIpc) is 3.31. The smallest absolute Gasteiger partial charge is 0.457 e. The number of esters is 1. The Hall–Kier alpha value is -2.32. The summed E-state index contributed by atoms with van der Waals surface area (Å²) in [6.45, 7) is 4.79. The van der Waals surface area contributed by atoms with Crippen LogP contribution in [0.4, 0.5) is 0 Å². The molecule has 0 aromatic rings. The van der Waals surface area contributed by atoms with Crippen LogP contribution in [0.1, 0.15) is 232 Å². The number of phosphoric ester groups is 1. The van der Waals surface area contributed by atoms with Gasteiger partial charge in [0.15, 0.2) is 0 Å². The normalized spacial score (nSPS) is 13.9. The lowest BCUT2D eigenvalue weighted by Crippen LogP contribution is -2.28. The van der Waals surface area contributed by atoms with Crippen molar-refractivity contribution in [3.05, 3.63) is 85.1 Å². The Morgan fingerprint density at radius 3 is 1.27 bits per heavy atom. The first-order valence-electron chi connectivity index (χ1n) is 27.1. The maximum absolute atomic E-state index is 12.7. The minimum atomic E-state index is -4.29. The lowest BCUT2D eigenvalue weighted by Gasteiger charge is -2.20. The fraction of sp³-hybridized carbons (Fsp3) is 0.737. The summed E-state index contributed by atoms with van der Waals surface area (Å²) in [5.41, 5.74) is 5.40. The number of phosphoric acid groups is 1. The third-order valence-electron chi connectivity index (χ3n) is 11.3. The van der Waals surface area contributed by atoms with E-state index in [4.69, 9.17) is 24.3 Å². The standard InChI is InChI=1S/C57H102NO7P/c1-3-5-7-9-11-13-15-17-19-21-23-25-27-29-31-33-35-37-39-41-43-45-47-49-52-62-54-56(55-64-66(60,61)63-53-51-58)65-57(59)50-48-46-44-42-40-38-36-34-32-30-28-26-24-22-20-18-16-14-12-10-8-6-4-2/h5,7,11,13,16-19,22-25,28,30,56H,3-4,6,8-10,12,14-15,20-21,26-27,29,31-55,58H2,1-2H3,(H,60,61)/b7-5-,13-11-,18-16-,19-17-,24-22-,25-23-,30-28-. The molecule has 3 N–H and O–H groups in total. The molecule has 0 spiro atoms. The molecule has 2 unspecified atom stereocenters. The van der Waals surface area contributed by atoms with Crippen molar-refractivity contribution in [1.82, 2.24) is 0 Å². The molecule has 0 saturated heterocycles. The Labute approximate surface area is 407 Å². The summed E-state index contributed by atoms with van der Waals surface area (Å²) in [5, 5.41) is 0. The third-order valence-corrected chi connectivity index (χ3v) is 12.3. The highest BCUT2D eigenvalue weighted by molar-refractivity contribution is 7.47. The van der Waals surface area contributed by atoms with Crippen LogP contribution >= 0.6 is 7.82 Å². The largest absolute Gasteiger partial charge is 0.472 e. The molecule has 0 saturated carbocycles. The molecule has 0 aliphatic rings. The number of carbonyl (C=O) groups excluding carboxylic acids is 1. The molecule has 0 aliphatic carbocycles. The third kappa shape index (κ3) is 52.6. The number of hydrogen-bond donors (Lipinski definition) is 2. The van der Waals surface area contributed by atoms with Crippen molar-refractivity contribution in [3.8, 4) is 0 Å². The van der Waals surface area contributed by atoms with E-state index in [1.54, 1.807) is 0 Å². The molecule has 0 fully saturated rings. The van der Waals surface area contributed by atoms with Gasteiger partial charge in [-0.2, -0.15) is 0 Å². The van der Waals surface area contributed by atoms with E-state index in [2.05, 4.69) is 98.9 Å². The summed E-state index contributed by atoms with van der Waals surface area (Å²) < 4.78 is 33.6. The Balaban J connectivity index is 3.96. The fourth-order valence-corrected chi connectivity index (χ4v) is 8.11. The molecule has 0 amide bonds. The van der Waals surface area contributed by atoms with Gasteiger partial charge in [-0.1, -0.05) is 221 Å². The molecule has 0 aromatic carbocycles. The van der Waals surface area contributed by atoms with E-state index >= 15 is 0 Å². The van der Waals surface area contributed by atoms with Gasteiger partial charge in [0.2, 0.25) is 0 Å². The van der Waals surface area contributed by atoms with Gasteiger partial charge in [0, 0.05) is 19.6 Å². The summed E-state index contributed by atoms with van der Waals surface area (Å²) in [6, 6.07) is 0. The molecule has 0 bridgehead atoms. The van der Waals surface area contributed by atoms with Crippen LogP contribution in [-0.2, 0) is 27.9 Å². The van der Waals surface area contributed by atoms with E-state index in [-0.39, 0.29) is 32.3 Å². The van der Waals surface area contributed by atoms with Gasteiger partial charge in [-0.05, 0) is 89.9 Å². The van der Waals surface area contributed by atoms with Crippen molar-refractivity contribution in [3.63, 3.8) is 0 Å². The van der Waals surface area contributed by atoms with Crippen LogP contribution in [0.2, 0.25) is 0 Å². The van der Waals surface area contributed by atoms with Gasteiger partial charge in [-0.15, -0.1) is 0 Å². The molecule has 0 rings (SSSR count). The molecule has 8 nitrogen and oxygen atoms in total. The van der Waals surface area contributed by atoms with Gasteiger partial charge in [0.1, 0.15) is 6.10 Å². The molecule has 9 heteroatoms. The van der Waals surface area contributed by atoms with E-state index in [1.165, 1.54) is 135 Å². The monoisotopic (exact) mass is 944 g/mol. The molecular weight excluding hydrogens is 842 g/mol. The first-order valence-corrected chi connectivity index (χ1v) is 28.6. The highest BCUT2D eigenvalue weighted by atomic mass is 31.2. The van der Waals surface area contributed by atoms with Crippen LogP contribution < -0.4 is 5.73 Å². The van der Waals surface area contributed by atoms with Crippen molar-refractivity contribution >= 4 is 13.8 Å². The van der Waals surface area contributed by atoms with Crippen LogP contribution in [0.5, 0.6) is 0 Å². The SMILES string of the molecule is CC/C=C\C/C=C\C/C=C\C/C=C\CCCCCCCCCCCCCOCC(COP(=O)(O)OCCN)OC(=O)CCCCCCCCCC/C=C\C/C=C\C/C=C\CCCCCCC. The van der Waals surface area contributed by atoms with Crippen molar-refractivity contribution in [2.45, 2.75) is 238 Å². The van der Waals surface area contributed by atoms with Gasteiger partial charge in [0.25, 0.3) is 0 Å². The van der Waals surface area contributed by atoms with Crippen LogP contribution in [0.15, 0.2) is 85.1 Å². The zero-order chi connectivity index (χ0) is 48.0. The molecule has 0 radical (unpaired) electrons. The molecule has 2 atom stereocenters. The number of ether oxygens (including phenoxy) is 2. The minimum Gasteiger partial charge on any atom is -0.457 e. The van der Waals surface area contributed by atoms with Crippen LogP contribution in [0, 0.1) is 0 Å². The van der Waals surface area contributed by atoms with Crippen molar-refractivity contribution in [2.75, 3.05) is 33.0 Å². The Morgan fingerprint density at radius 1 is 0.470 bits per heavy atom. The summed E-state index contributed by atoms with van der Waals surface area (Å²) in [4.78, 5) is 22.6. The first-order chi connectivity index (χ1) is 32.4. The summed E-state index contributed by atoms with van der Waals surface area (Å²) in [5.74, 6) is -0.339. The zero-order valence-corrected chi connectivity index (χ0v) is 43.6. The molecule has 382 valence electrons. The summed E-state index contributed by atoms with van der Waals surface area (Å²) >= 11 is 0. The molecular formula is C57H102NO7P. The fourth-order valence-electron chi connectivity index (χ4n) is 7.35. The molecule has 0 heterocycles. The van der Waals surface area contributed by atoms with Gasteiger partial charge >= 0.3 is 13.8 Å². The van der Waals surface area contributed by atoms with Gasteiger partial charge in [-0.25, -0.2) is 4.57 Å². The summed E-state index contributed by atoms with van der Waals surface area (Å²) in [7, 11) is -4.29. The van der Waals surface area contributed by atoms with Crippen molar-refractivity contribution < 1.29 is 32.8 Å². The number of nitrogens with two attached hydrogens (primary N) is 1. The molecule has 66 heavy (non-hydrogen) atoms. The van der Waals surface area contributed by atoms with E-state index < -0.39 is 13.9 Å². The summed E-state index contributed by atoms with van der Waals surface area (Å²) in [6.07, 6.45) is 70.5.